The minimum absolute atomic E-state index is 0.171. The average Bonchev–Trinajstić information content (AvgIpc) is 4.24. The van der Waals surface area contributed by atoms with Crippen molar-refractivity contribution in [1.29, 1.82) is 0 Å². The van der Waals surface area contributed by atoms with E-state index in [4.69, 9.17) is 9.47 Å². The van der Waals surface area contributed by atoms with Gasteiger partial charge in [0, 0.05) is 67.2 Å². The summed E-state index contributed by atoms with van der Waals surface area (Å²) in [6.45, 7) is 2.18. The number of carbonyl (C=O) groups excluding carboxylic acids is 2. The first-order chi connectivity index (χ1) is 33.5. The zero-order chi connectivity index (χ0) is 45.8. The van der Waals surface area contributed by atoms with E-state index in [9.17, 15) is 9.59 Å². The molecule has 2 atom stereocenters. The van der Waals surface area contributed by atoms with Crippen LogP contribution in [0.25, 0.3) is 33.2 Å². The van der Waals surface area contributed by atoms with Crippen LogP contribution in [0.5, 0.6) is 11.5 Å². The number of nitrogens with one attached hydrogen (secondary N) is 4. The van der Waals surface area contributed by atoms with E-state index in [1.165, 1.54) is 0 Å². The molecule has 0 bridgehead atoms. The van der Waals surface area contributed by atoms with E-state index < -0.39 is 12.2 Å². The molecule has 2 amide bonds. The van der Waals surface area contributed by atoms with E-state index in [1.54, 1.807) is 18.6 Å². The summed E-state index contributed by atoms with van der Waals surface area (Å²) in [5.41, 5.74) is 8.67. The van der Waals surface area contributed by atoms with Crippen molar-refractivity contribution >= 4 is 56.5 Å². The molecule has 15 heteroatoms. The number of para-hydroxylation sites is 5. The van der Waals surface area contributed by atoms with Crippen molar-refractivity contribution in [3.63, 3.8) is 0 Å². The highest BCUT2D eigenvalue weighted by Crippen LogP contribution is 2.36. The van der Waals surface area contributed by atoms with Gasteiger partial charge in [0.2, 0.25) is 0 Å². The van der Waals surface area contributed by atoms with Gasteiger partial charge in [0.1, 0.15) is 11.5 Å². The largest absolute Gasteiger partial charge is 0.477 e. The van der Waals surface area contributed by atoms with Crippen molar-refractivity contribution in [2.45, 2.75) is 25.3 Å². The van der Waals surface area contributed by atoms with Gasteiger partial charge >= 0.3 is 0 Å². The molecule has 5 aromatic carbocycles. The summed E-state index contributed by atoms with van der Waals surface area (Å²) in [5, 5.41) is 16.6. The fourth-order valence-corrected chi connectivity index (χ4v) is 8.65. The Hall–Kier alpha value is -9.11. The Morgan fingerprint density at radius 1 is 0.544 bits per heavy atom. The zero-order valence-corrected chi connectivity index (χ0v) is 36.6. The van der Waals surface area contributed by atoms with E-state index in [0.29, 0.717) is 43.5 Å². The third-order valence-electron chi connectivity index (χ3n) is 12.0. The van der Waals surface area contributed by atoms with Crippen LogP contribution in [0.3, 0.4) is 0 Å². The first kappa shape index (κ1) is 41.6. The fourth-order valence-electron chi connectivity index (χ4n) is 8.65. The SMILES string of the molecule is O=C(Nc1cccc2cc[nH]c12)C1CN(Cc2ccc(-n3cccn3)cc2)c2ccccc2O1.O=C(Nc1nccc2cc[nH]c12)C1CN(Cc2ccc(-n3cccn3)cc2)c2ccccc2O1. The van der Waals surface area contributed by atoms with Crippen LogP contribution < -0.4 is 29.9 Å². The van der Waals surface area contributed by atoms with Crippen LogP contribution in [0.15, 0.2) is 189 Å². The average molecular weight is 900 g/mol. The molecule has 0 fully saturated rings. The predicted octanol–water partition coefficient (Wildman–Crippen LogP) is 8.91. The summed E-state index contributed by atoms with van der Waals surface area (Å²) in [4.78, 5) is 41.5. The second-order valence-electron chi connectivity index (χ2n) is 16.5. The van der Waals surface area contributed by atoms with Crippen molar-refractivity contribution < 1.29 is 19.1 Å². The summed E-state index contributed by atoms with van der Waals surface area (Å²) in [5.74, 6) is 1.49. The molecule has 0 saturated carbocycles. The predicted molar refractivity (Wildman–Crippen MR) is 263 cm³/mol. The van der Waals surface area contributed by atoms with Crippen molar-refractivity contribution in [2.24, 2.45) is 0 Å². The van der Waals surface area contributed by atoms with Gasteiger partial charge in [-0.1, -0.05) is 60.7 Å². The van der Waals surface area contributed by atoms with Gasteiger partial charge in [-0.05, 0) is 96.1 Å². The third kappa shape index (κ3) is 8.70. The summed E-state index contributed by atoms with van der Waals surface area (Å²) in [6, 6.07) is 47.7. The molecule has 2 aliphatic heterocycles. The van der Waals surface area contributed by atoms with E-state index in [0.717, 1.165) is 61.4 Å². The Kier molecular flexibility index (Phi) is 11.3. The molecule has 4 N–H and O–H groups in total. The molecular weight excluding hydrogens is 855 g/mol. The van der Waals surface area contributed by atoms with Gasteiger partial charge in [-0.15, -0.1) is 0 Å². The molecule has 7 heterocycles. The Bertz CT molecular complexity index is 3110. The number of rotatable bonds is 10. The lowest BCUT2D eigenvalue weighted by Crippen LogP contribution is -2.46. The molecule has 0 saturated heterocycles. The number of carbonyl (C=O) groups is 2. The number of pyridine rings is 1. The third-order valence-corrected chi connectivity index (χ3v) is 12.0. The number of benzene rings is 5. The lowest BCUT2D eigenvalue weighted by Gasteiger charge is -2.35. The molecule has 0 spiro atoms. The van der Waals surface area contributed by atoms with Gasteiger partial charge in [-0.2, -0.15) is 10.2 Å². The molecule has 2 aliphatic rings. The quantitative estimate of drug-likeness (QED) is 0.105. The number of H-pyrrole nitrogens is 2. The van der Waals surface area contributed by atoms with E-state index in [-0.39, 0.29) is 11.8 Å². The number of hydrogen-bond donors (Lipinski definition) is 4. The molecule has 336 valence electrons. The molecular formula is C53H45N11O4. The molecule has 5 aromatic heterocycles. The lowest BCUT2D eigenvalue weighted by molar-refractivity contribution is -0.123. The maximum absolute atomic E-state index is 13.2. The van der Waals surface area contributed by atoms with Gasteiger partial charge < -0.3 is 39.9 Å². The molecule has 10 aromatic rings. The van der Waals surface area contributed by atoms with Crippen molar-refractivity contribution in [3.8, 4) is 22.9 Å². The van der Waals surface area contributed by atoms with Crippen LogP contribution >= 0.6 is 0 Å². The zero-order valence-electron chi connectivity index (χ0n) is 36.6. The molecule has 0 aliphatic carbocycles. The first-order valence-corrected chi connectivity index (χ1v) is 22.3. The lowest BCUT2D eigenvalue weighted by atomic mass is 10.1. The number of aromatic amines is 2. The highest BCUT2D eigenvalue weighted by molar-refractivity contribution is 6.03. The smallest absolute Gasteiger partial charge is 0.268 e. The monoisotopic (exact) mass is 899 g/mol. The normalized spacial score (nSPS) is 15.1. The Morgan fingerprint density at radius 3 is 1.63 bits per heavy atom. The maximum atomic E-state index is 13.2. The Balaban J connectivity index is 0.000000149. The van der Waals surface area contributed by atoms with Crippen LogP contribution in [0.1, 0.15) is 11.1 Å². The van der Waals surface area contributed by atoms with Gasteiger partial charge in [-0.25, -0.2) is 14.3 Å². The second-order valence-corrected chi connectivity index (χ2v) is 16.5. The van der Waals surface area contributed by atoms with Crippen molar-refractivity contribution in [1.82, 2.24) is 34.5 Å². The molecule has 12 rings (SSSR count). The van der Waals surface area contributed by atoms with Crippen LogP contribution in [0.2, 0.25) is 0 Å². The summed E-state index contributed by atoms with van der Waals surface area (Å²) in [7, 11) is 0. The molecule has 0 radical (unpaired) electrons. The Labute approximate surface area is 390 Å². The van der Waals surface area contributed by atoms with Crippen LogP contribution in [-0.2, 0) is 22.7 Å². The summed E-state index contributed by atoms with van der Waals surface area (Å²) < 4.78 is 15.9. The van der Waals surface area contributed by atoms with Crippen LogP contribution in [0, 0.1) is 0 Å². The number of amides is 2. The highest BCUT2D eigenvalue weighted by Gasteiger charge is 2.33. The first-order valence-electron chi connectivity index (χ1n) is 22.3. The second kappa shape index (κ2) is 18.4. The minimum atomic E-state index is -0.676. The molecule has 2 unspecified atom stereocenters. The van der Waals surface area contributed by atoms with Gasteiger partial charge in [0.15, 0.2) is 18.0 Å². The number of hydrogen-bond acceptors (Lipinski definition) is 9. The topological polar surface area (TPSA) is 163 Å². The highest BCUT2D eigenvalue weighted by atomic mass is 16.5. The van der Waals surface area contributed by atoms with E-state index in [1.807, 2.05) is 143 Å². The number of aromatic nitrogens is 7. The number of nitrogens with zero attached hydrogens (tertiary/aromatic N) is 7. The summed E-state index contributed by atoms with van der Waals surface area (Å²) >= 11 is 0. The van der Waals surface area contributed by atoms with Gasteiger partial charge in [0.25, 0.3) is 11.8 Å². The van der Waals surface area contributed by atoms with Crippen molar-refractivity contribution in [2.75, 3.05) is 33.5 Å². The summed E-state index contributed by atoms with van der Waals surface area (Å²) in [6.07, 6.45) is 11.4. The fraction of sp³-hybridized carbons (Fsp3) is 0.113. The maximum Gasteiger partial charge on any atom is 0.268 e. The van der Waals surface area contributed by atoms with E-state index >= 15 is 0 Å². The van der Waals surface area contributed by atoms with Crippen LogP contribution in [0.4, 0.5) is 22.9 Å². The van der Waals surface area contributed by atoms with Crippen LogP contribution in [-0.4, -0.2) is 71.6 Å². The van der Waals surface area contributed by atoms with E-state index in [2.05, 4.69) is 82.0 Å². The molecule has 15 nitrogen and oxygen atoms in total. The minimum Gasteiger partial charge on any atom is -0.477 e. The van der Waals surface area contributed by atoms with Gasteiger partial charge in [-0.3, -0.25) is 9.59 Å². The van der Waals surface area contributed by atoms with Crippen molar-refractivity contribution in [3.05, 3.63) is 200 Å². The molecule has 68 heavy (non-hydrogen) atoms. The number of anilines is 4. The standard InChI is InChI=1S/C27H23N5O2.C26H22N6O2/c33-27(30-22-6-3-5-20-13-15-28-26(20)22)25-18-31(23-7-1-2-8-24(23)34-25)17-19-9-11-21(12-10-19)32-16-4-14-29-32;33-26(30-25-24-19(10-13-27-24)11-14-28-25)23-17-31(21-4-1-2-5-22(21)34-23)16-18-6-8-20(9-7-18)32-15-3-12-29-32/h1-16,25,28H,17-18H2,(H,30,33);1-15,23,27H,16-17H2,(H,28,30,33). The Morgan fingerprint density at radius 2 is 1.07 bits per heavy atom. The van der Waals surface area contributed by atoms with Gasteiger partial charge in [0.05, 0.1) is 52.6 Å². The number of ether oxygens (including phenoxy) is 2. The number of fused-ring (bicyclic) bond motifs is 4.